The van der Waals surface area contributed by atoms with Crippen LogP contribution in [-0.2, 0) is 0 Å². The fourth-order valence-corrected chi connectivity index (χ4v) is 6.16. The Morgan fingerprint density at radius 3 is 1.72 bits per heavy atom. The monoisotopic (exact) mass is 553 g/mol. The Labute approximate surface area is 204 Å². The summed E-state index contributed by atoms with van der Waals surface area (Å²) in [4.78, 5) is 0. The van der Waals surface area contributed by atoms with Crippen molar-refractivity contribution < 1.29 is 40.2 Å². The average molecular weight is 554 g/mol. The number of hydrogen-bond donors (Lipinski definition) is 0. The SMILES string of the molecule is CC(C)Oc1cc(OC(C)C)c([I+]c2ccc(OC3CCCCC3)cc2)c(OC(C)C)c1. The Morgan fingerprint density at radius 1 is 0.688 bits per heavy atom. The Morgan fingerprint density at radius 2 is 1.22 bits per heavy atom. The van der Waals surface area contributed by atoms with E-state index in [0.29, 0.717) is 6.10 Å². The molecular formula is C27H38IO4+. The second kappa shape index (κ2) is 12.0. The van der Waals surface area contributed by atoms with Gasteiger partial charge in [-0.15, -0.1) is 0 Å². The molecule has 0 aromatic heterocycles. The highest BCUT2D eigenvalue weighted by molar-refractivity contribution is 5.42. The van der Waals surface area contributed by atoms with Gasteiger partial charge in [-0.25, -0.2) is 0 Å². The van der Waals surface area contributed by atoms with Crippen molar-refractivity contribution in [2.45, 2.75) is 98.1 Å². The van der Waals surface area contributed by atoms with E-state index in [-0.39, 0.29) is 18.3 Å². The van der Waals surface area contributed by atoms with Crippen molar-refractivity contribution in [2.75, 3.05) is 0 Å². The molecule has 3 rings (SSSR count). The first-order chi connectivity index (χ1) is 15.3. The zero-order valence-corrected chi connectivity index (χ0v) is 22.5. The molecule has 2 aromatic rings. The summed E-state index contributed by atoms with van der Waals surface area (Å²) in [5.41, 5.74) is 0. The van der Waals surface area contributed by atoms with E-state index in [1.807, 2.05) is 26.0 Å². The molecule has 0 saturated heterocycles. The largest absolute Gasteiger partial charge is 0.491 e. The van der Waals surface area contributed by atoms with Crippen LogP contribution in [0.15, 0.2) is 36.4 Å². The molecule has 32 heavy (non-hydrogen) atoms. The minimum atomic E-state index is -0.507. The van der Waals surface area contributed by atoms with Crippen molar-refractivity contribution in [1.82, 2.24) is 0 Å². The van der Waals surface area contributed by atoms with E-state index in [9.17, 15) is 0 Å². The van der Waals surface area contributed by atoms with Gasteiger partial charge in [0.05, 0.1) is 24.4 Å². The second-order valence-corrected chi connectivity index (χ2v) is 12.0. The summed E-state index contributed by atoms with van der Waals surface area (Å²) < 4.78 is 27.1. The van der Waals surface area contributed by atoms with Gasteiger partial charge >= 0.3 is 21.2 Å². The summed E-state index contributed by atoms with van der Waals surface area (Å²) in [6, 6.07) is 12.7. The van der Waals surface area contributed by atoms with Gasteiger partial charge in [0.15, 0.2) is 15.1 Å². The molecule has 1 aliphatic rings. The summed E-state index contributed by atoms with van der Waals surface area (Å²) in [6.07, 6.45) is 6.85. The van der Waals surface area contributed by atoms with Crippen LogP contribution in [0.3, 0.4) is 0 Å². The predicted octanol–water partition coefficient (Wildman–Crippen LogP) is 3.89. The van der Waals surface area contributed by atoms with Crippen LogP contribution in [0, 0.1) is 7.14 Å². The first-order valence-electron chi connectivity index (χ1n) is 11.9. The van der Waals surface area contributed by atoms with E-state index in [1.54, 1.807) is 0 Å². The minimum absolute atomic E-state index is 0.0743. The molecular weight excluding hydrogens is 515 g/mol. The van der Waals surface area contributed by atoms with Crippen LogP contribution in [0.1, 0.15) is 73.6 Å². The maximum atomic E-state index is 6.23. The minimum Gasteiger partial charge on any atom is -0.491 e. The zero-order valence-electron chi connectivity index (χ0n) is 20.3. The Bertz CT molecular complexity index is 808. The van der Waals surface area contributed by atoms with E-state index >= 15 is 0 Å². The topological polar surface area (TPSA) is 36.9 Å². The molecule has 2 aromatic carbocycles. The van der Waals surface area contributed by atoms with Crippen molar-refractivity contribution in [3.63, 3.8) is 0 Å². The number of rotatable bonds is 10. The summed E-state index contributed by atoms with van der Waals surface area (Å²) in [5.74, 6) is 3.49. The Kier molecular flexibility index (Phi) is 9.38. The van der Waals surface area contributed by atoms with Crippen LogP contribution in [0.5, 0.6) is 23.0 Å². The van der Waals surface area contributed by atoms with Crippen molar-refractivity contribution in [3.05, 3.63) is 43.5 Å². The van der Waals surface area contributed by atoms with Gasteiger partial charge in [-0.2, -0.15) is 0 Å². The molecule has 0 spiro atoms. The fourth-order valence-electron chi connectivity index (χ4n) is 3.72. The molecule has 0 aliphatic heterocycles. The van der Waals surface area contributed by atoms with Crippen LogP contribution in [-0.4, -0.2) is 24.4 Å². The second-order valence-electron chi connectivity index (χ2n) is 9.16. The molecule has 0 bridgehead atoms. The summed E-state index contributed by atoms with van der Waals surface area (Å²) in [7, 11) is 0. The maximum Gasteiger partial charge on any atom is 0.366 e. The molecule has 0 atom stereocenters. The van der Waals surface area contributed by atoms with Gasteiger partial charge in [-0.3, -0.25) is 0 Å². The summed E-state index contributed by atoms with van der Waals surface area (Å²) in [6.45, 7) is 12.3. The number of hydrogen-bond acceptors (Lipinski definition) is 4. The first-order valence-corrected chi connectivity index (χ1v) is 14.1. The van der Waals surface area contributed by atoms with E-state index < -0.39 is 21.2 Å². The number of halogens is 1. The molecule has 1 aliphatic carbocycles. The summed E-state index contributed by atoms with van der Waals surface area (Å²) in [5, 5.41) is 0. The van der Waals surface area contributed by atoms with Crippen LogP contribution in [0.25, 0.3) is 0 Å². The van der Waals surface area contributed by atoms with Gasteiger partial charge in [0.1, 0.15) is 11.5 Å². The first kappa shape index (κ1) is 25.0. The Balaban J connectivity index is 1.85. The van der Waals surface area contributed by atoms with Gasteiger partial charge < -0.3 is 18.9 Å². The maximum absolute atomic E-state index is 6.23. The fraction of sp³-hybridized carbons (Fsp3) is 0.556. The molecule has 0 N–H and O–H groups in total. The standard InChI is InChI=1S/C27H38IO4/c1-18(2)29-24-16-25(30-19(3)4)27(26(17-24)31-20(5)6)28-21-12-14-23(15-13-21)32-22-10-8-7-9-11-22/h12-20,22H,7-11H2,1-6H3/q+1. The lowest BCUT2D eigenvalue weighted by Gasteiger charge is -2.22. The Hall–Kier alpha value is -1.63. The third-order valence-electron chi connectivity index (χ3n) is 4.95. The molecule has 1 fully saturated rings. The van der Waals surface area contributed by atoms with Crippen LogP contribution in [0.4, 0.5) is 0 Å². The lowest BCUT2D eigenvalue weighted by atomic mass is 9.98. The van der Waals surface area contributed by atoms with Gasteiger partial charge in [0, 0.05) is 12.1 Å². The molecule has 0 amide bonds. The normalized spacial score (nSPS) is 14.8. The van der Waals surface area contributed by atoms with Gasteiger partial charge in [-0.1, -0.05) is 6.42 Å². The third-order valence-corrected chi connectivity index (χ3v) is 7.89. The lowest BCUT2D eigenvalue weighted by Crippen LogP contribution is -3.61. The van der Waals surface area contributed by atoms with E-state index in [2.05, 4.69) is 52.0 Å². The smallest absolute Gasteiger partial charge is 0.366 e. The zero-order chi connectivity index (χ0) is 23.1. The highest BCUT2D eigenvalue weighted by atomic mass is 127. The van der Waals surface area contributed by atoms with Gasteiger partial charge in [-0.05, 0) is 91.5 Å². The summed E-state index contributed by atoms with van der Waals surface area (Å²) >= 11 is -0.507. The molecule has 0 radical (unpaired) electrons. The number of ether oxygens (including phenoxy) is 4. The molecule has 0 unspecified atom stereocenters. The van der Waals surface area contributed by atoms with Crippen LogP contribution in [0.2, 0.25) is 0 Å². The molecule has 0 heterocycles. The van der Waals surface area contributed by atoms with Crippen molar-refractivity contribution in [3.8, 4) is 23.0 Å². The average Bonchev–Trinajstić information content (AvgIpc) is 2.71. The third kappa shape index (κ3) is 7.75. The van der Waals surface area contributed by atoms with Crippen molar-refractivity contribution >= 4 is 0 Å². The van der Waals surface area contributed by atoms with Gasteiger partial charge in [0.2, 0.25) is 0 Å². The molecule has 176 valence electrons. The van der Waals surface area contributed by atoms with E-state index in [0.717, 1.165) is 26.6 Å². The van der Waals surface area contributed by atoms with Crippen molar-refractivity contribution in [2.24, 2.45) is 0 Å². The lowest BCUT2D eigenvalue weighted by molar-refractivity contribution is -0.599. The highest BCUT2D eigenvalue weighted by Gasteiger charge is 2.30. The predicted molar refractivity (Wildman–Crippen MR) is 125 cm³/mol. The van der Waals surface area contributed by atoms with Crippen LogP contribution >= 0.6 is 0 Å². The number of benzene rings is 2. The molecule has 5 heteroatoms. The van der Waals surface area contributed by atoms with Crippen LogP contribution < -0.4 is 40.2 Å². The van der Waals surface area contributed by atoms with Gasteiger partial charge in [0.25, 0.3) is 3.57 Å². The van der Waals surface area contributed by atoms with E-state index in [1.165, 1.54) is 35.7 Å². The quantitative estimate of drug-likeness (QED) is 0.419. The van der Waals surface area contributed by atoms with Crippen molar-refractivity contribution in [1.29, 1.82) is 0 Å². The highest BCUT2D eigenvalue weighted by Crippen LogP contribution is 2.30. The molecule has 1 saturated carbocycles. The molecule has 4 nitrogen and oxygen atoms in total. The van der Waals surface area contributed by atoms with E-state index in [4.69, 9.17) is 18.9 Å².